The molecule has 1 heterocycles. The summed E-state index contributed by atoms with van der Waals surface area (Å²) in [4.78, 5) is 7.69. The minimum absolute atomic E-state index is 0.764. The number of nitrogens with zero attached hydrogens (tertiary/aromatic N) is 1. The number of benzene rings is 2. The number of aromatic nitrogens is 1. The Morgan fingerprint density at radius 3 is 2.71 bits per heavy atom. The van der Waals surface area contributed by atoms with Crippen molar-refractivity contribution >= 4 is 22.8 Å². The van der Waals surface area contributed by atoms with Crippen LogP contribution in [0.2, 0.25) is 0 Å². The van der Waals surface area contributed by atoms with Crippen LogP contribution in [0.15, 0.2) is 53.7 Å². The van der Waals surface area contributed by atoms with Crippen molar-refractivity contribution in [2.45, 2.75) is 0 Å². The van der Waals surface area contributed by atoms with E-state index in [-0.39, 0.29) is 0 Å². The summed E-state index contributed by atoms with van der Waals surface area (Å²) >= 11 is 0. The van der Waals surface area contributed by atoms with Crippen molar-refractivity contribution in [2.24, 2.45) is 4.99 Å². The summed E-state index contributed by atoms with van der Waals surface area (Å²) in [5, 5.41) is 1.17. The Kier molecular flexibility index (Phi) is 3.60. The third-order valence-electron chi connectivity index (χ3n) is 3.33. The predicted molar refractivity (Wildman–Crippen MR) is 85.1 cm³/mol. The summed E-state index contributed by atoms with van der Waals surface area (Å²) in [7, 11) is 3.28. The summed E-state index contributed by atoms with van der Waals surface area (Å²) < 4.78 is 10.6. The second-order valence-corrected chi connectivity index (χ2v) is 4.62. The fraction of sp³-hybridized carbons (Fsp3) is 0.118. The third-order valence-corrected chi connectivity index (χ3v) is 3.33. The predicted octanol–water partition coefficient (Wildman–Crippen LogP) is 3.94. The van der Waals surface area contributed by atoms with Gasteiger partial charge in [0.1, 0.15) is 11.5 Å². The molecule has 3 aromatic rings. The van der Waals surface area contributed by atoms with Gasteiger partial charge in [-0.2, -0.15) is 0 Å². The maximum atomic E-state index is 5.34. The lowest BCUT2D eigenvalue weighted by molar-refractivity contribution is 0.402. The van der Waals surface area contributed by atoms with Crippen LogP contribution >= 0.6 is 0 Å². The van der Waals surface area contributed by atoms with E-state index in [2.05, 4.69) is 9.98 Å². The highest BCUT2D eigenvalue weighted by Gasteiger charge is 2.03. The number of aliphatic imine (C=N–C) groups is 1. The van der Waals surface area contributed by atoms with Crippen LogP contribution in [-0.4, -0.2) is 25.4 Å². The summed E-state index contributed by atoms with van der Waals surface area (Å²) in [6, 6.07) is 13.7. The molecule has 3 rings (SSSR count). The van der Waals surface area contributed by atoms with Crippen molar-refractivity contribution in [1.29, 1.82) is 0 Å². The van der Waals surface area contributed by atoms with Gasteiger partial charge in [0.15, 0.2) is 0 Å². The van der Waals surface area contributed by atoms with E-state index in [1.54, 1.807) is 20.4 Å². The molecule has 1 aromatic heterocycles. The van der Waals surface area contributed by atoms with Crippen LogP contribution in [0.4, 0.5) is 5.69 Å². The Balaban J connectivity index is 1.94. The Bertz CT molecular complexity index is 790. The van der Waals surface area contributed by atoms with E-state index in [0.29, 0.717) is 0 Å². The molecule has 0 atom stereocenters. The second-order valence-electron chi connectivity index (χ2n) is 4.62. The first-order chi connectivity index (χ1) is 10.3. The number of rotatable bonds is 4. The summed E-state index contributed by atoms with van der Waals surface area (Å²) in [5.74, 6) is 1.54. The van der Waals surface area contributed by atoms with Crippen molar-refractivity contribution < 1.29 is 9.47 Å². The van der Waals surface area contributed by atoms with Crippen LogP contribution in [0.5, 0.6) is 11.5 Å². The van der Waals surface area contributed by atoms with E-state index in [4.69, 9.17) is 9.47 Å². The number of hydrogen-bond donors (Lipinski definition) is 1. The molecule has 0 saturated carbocycles. The largest absolute Gasteiger partial charge is 0.497 e. The van der Waals surface area contributed by atoms with Gasteiger partial charge < -0.3 is 14.5 Å². The van der Waals surface area contributed by atoms with Crippen LogP contribution in [0.1, 0.15) is 5.56 Å². The van der Waals surface area contributed by atoms with E-state index >= 15 is 0 Å². The van der Waals surface area contributed by atoms with Gasteiger partial charge in [-0.25, -0.2) is 0 Å². The van der Waals surface area contributed by atoms with Crippen molar-refractivity contribution in [3.63, 3.8) is 0 Å². The number of nitrogens with one attached hydrogen (secondary N) is 1. The van der Waals surface area contributed by atoms with Crippen LogP contribution in [-0.2, 0) is 0 Å². The van der Waals surface area contributed by atoms with Crippen LogP contribution in [0.25, 0.3) is 10.9 Å². The SMILES string of the molecule is COc1ccc(OC)c(C=Nc2ccc3cc[nH]c3c2)c1. The molecule has 0 bridgehead atoms. The third kappa shape index (κ3) is 2.74. The van der Waals surface area contributed by atoms with Gasteiger partial charge in [0.05, 0.1) is 19.9 Å². The van der Waals surface area contributed by atoms with Crippen LogP contribution < -0.4 is 9.47 Å². The highest BCUT2D eigenvalue weighted by molar-refractivity contribution is 5.88. The zero-order valence-corrected chi connectivity index (χ0v) is 12.0. The number of fused-ring (bicyclic) bond motifs is 1. The van der Waals surface area contributed by atoms with Crippen LogP contribution in [0.3, 0.4) is 0 Å². The number of hydrogen-bond acceptors (Lipinski definition) is 3. The van der Waals surface area contributed by atoms with Gasteiger partial charge in [-0.15, -0.1) is 0 Å². The van der Waals surface area contributed by atoms with E-state index < -0.39 is 0 Å². The molecule has 1 N–H and O–H groups in total. The van der Waals surface area contributed by atoms with Crippen molar-refractivity contribution in [2.75, 3.05) is 14.2 Å². The van der Waals surface area contributed by atoms with Gasteiger partial charge in [0.2, 0.25) is 0 Å². The van der Waals surface area contributed by atoms with Gasteiger partial charge >= 0.3 is 0 Å². The summed E-state index contributed by atoms with van der Waals surface area (Å²) in [6.45, 7) is 0. The molecule has 4 heteroatoms. The van der Waals surface area contributed by atoms with E-state index in [1.165, 1.54) is 5.39 Å². The maximum Gasteiger partial charge on any atom is 0.127 e. The number of aromatic amines is 1. The molecule has 0 radical (unpaired) electrons. The first kappa shape index (κ1) is 13.2. The molecular weight excluding hydrogens is 264 g/mol. The standard InChI is InChI=1S/C17H16N2O2/c1-20-15-5-6-17(21-2)13(9-15)11-19-14-4-3-12-7-8-18-16(12)10-14/h3-11,18H,1-2H3. The summed E-state index contributed by atoms with van der Waals surface area (Å²) in [5.41, 5.74) is 2.83. The molecule has 0 fully saturated rings. The van der Waals surface area contributed by atoms with Gasteiger partial charge in [-0.05, 0) is 41.8 Å². The zero-order valence-electron chi connectivity index (χ0n) is 12.0. The lowest BCUT2D eigenvalue weighted by Gasteiger charge is -2.06. The monoisotopic (exact) mass is 280 g/mol. The average molecular weight is 280 g/mol. The normalized spacial score (nSPS) is 11.1. The minimum atomic E-state index is 0.764. The molecule has 0 aliphatic heterocycles. The Hall–Kier alpha value is -2.75. The fourth-order valence-corrected chi connectivity index (χ4v) is 2.20. The Morgan fingerprint density at radius 2 is 1.90 bits per heavy atom. The Morgan fingerprint density at radius 1 is 1.00 bits per heavy atom. The molecule has 2 aromatic carbocycles. The topological polar surface area (TPSA) is 46.6 Å². The zero-order chi connectivity index (χ0) is 14.7. The van der Waals surface area contributed by atoms with Crippen molar-refractivity contribution in [1.82, 2.24) is 4.98 Å². The van der Waals surface area contributed by atoms with Gasteiger partial charge in [0.25, 0.3) is 0 Å². The Labute approximate surface area is 123 Å². The highest BCUT2D eigenvalue weighted by atomic mass is 16.5. The van der Waals surface area contributed by atoms with Gasteiger partial charge in [-0.3, -0.25) is 4.99 Å². The first-order valence-corrected chi connectivity index (χ1v) is 6.63. The van der Waals surface area contributed by atoms with Crippen molar-refractivity contribution in [3.8, 4) is 11.5 Å². The van der Waals surface area contributed by atoms with Gasteiger partial charge in [-0.1, -0.05) is 6.07 Å². The smallest absolute Gasteiger partial charge is 0.127 e. The lowest BCUT2D eigenvalue weighted by Crippen LogP contribution is -1.92. The number of ether oxygens (including phenoxy) is 2. The molecular formula is C17H16N2O2. The van der Waals surface area contributed by atoms with E-state index in [1.807, 2.05) is 48.7 Å². The number of methoxy groups -OCH3 is 2. The van der Waals surface area contributed by atoms with Crippen molar-refractivity contribution in [3.05, 3.63) is 54.2 Å². The molecule has 106 valence electrons. The molecule has 0 aliphatic rings. The number of H-pyrrole nitrogens is 1. The molecule has 0 amide bonds. The van der Waals surface area contributed by atoms with E-state index in [0.717, 1.165) is 28.3 Å². The molecule has 21 heavy (non-hydrogen) atoms. The maximum absolute atomic E-state index is 5.34. The second kappa shape index (κ2) is 5.71. The minimum Gasteiger partial charge on any atom is -0.497 e. The van der Waals surface area contributed by atoms with Gasteiger partial charge in [0, 0.05) is 23.5 Å². The average Bonchev–Trinajstić information content (AvgIpc) is 3.00. The van der Waals surface area contributed by atoms with E-state index in [9.17, 15) is 0 Å². The molecule has 0 saturated heterocycles. The fourth-order valence-electron chi connectivity index (χ4n) is 2.20. The molecule has 0 unspecified atom stereocenters. The molecule has 0 aliphatic carbocycles. The van der Waals surface area contributed by atoms with Crippen LogP contribution in [0, 0.1) is 0 Å². The first-order valence-electron chi connectivity index (χ1n) is 6.63. The lowest BCUT2D eigenvalue weighted by atomic mass is 10.2. The molecule has 0 spiro atoms. The quantitative estimate of drug-likeness (QED) is 0.736. The molecule has 4 nitrogen and oxygen atoms in total. The highest BCUT2D eigenvalue weighted by Crippen LogP contribution is 2.24. The summed E-state index contributed by atoms with van der Waals surface area (Å²) in [6.07, 6.45) is 3.70.